The van der Waals surface area contributed by atoms with Crippen molar-refractivity contribution in [3.8, 4) is 0 Å². The van der Waals surface area contributed by atoms with Gasteiger partial charge in [0.25, 0.3) is 0 Å². The van der Waals surface area contributed by atoms with Gasteiger partial charge in [-0.2, -0.15) is 0 Å². The number of carbonyl (C=O) groups is 2. The maximum Gasteiger partial charge on any atom is 0.228 e. The quantitative estimate of drug-likeness (QED) is 0.428. The Kier molecular flexibility index (Phi) is 11.0. The minimum absolute atomic E-state index is 0.0256. The maximum atomic E-state index is 12.5. The van der Waals surface area contributed by atoms with E-state index in [1.54, 1.807) is 24.3 Å². The molecule has 0 radical (unpaired) electrons. The zero-order valence-corrected chi connectivity index (χ0v) is 20.8. The summed E-state index contributed by atoms with van der Waals surface area (Å²) in [4.78, 5) is 29.0. The van der Waals surface area contributed by atoms with Crippen molar-refractivity contribution >= 4 is 52.1 Å². The zero-order valence-electron chi connectivity index (χ0n) is 19.3. The molecule has 7 nitrogen and oxygen atoms in total. The molecule has 3 rings (SSSR count). The van der Waals surface area contributed by atoms with Crippen LogP contribution in [0.5, 0.6) is 0 Å². The molecule has 1 heterocycles. The van der Waals surface area contributed by atoms with Crippen LogP contribution in [0.1, 0.15) is 12.0 Å². The van der Waals surface area contributed by atoms with Crippen molar-refractivity contribution in [2.45, 2.75) is 12.8 Å². The number of halogens is 2. The van der Waals surface area contributed by atoms with E-state index in [9.17, 15) is 9.59 Å². The zero-order chi connectivity index (χ0) is 24.2. The third kappa shape index (κ3) is 8.80. The second-order valence-corrected chi connectivity index (χ2v) is 8.84. The highest BCUT2D eigenvalue weighted by molar-refractivity contribution is 6.18. The van der Waals surface area contributed by atoms with E-state index in [0.29, 0.717) is 29.6 Å². The lowest BCUT2D eigenvalue weighted by Gasteiger charge is -2.26. The second kappa shape index (κ2) is 14.2. The first-order valence-electron chi connectivity index (χ1n) is 11.5. The summed E-state index contributed by atoms with van der Waals surface area (Å²) in [6.45, 7) is 5.35. The van der Waals surface area contributed by atoms with Crippen LogP contribution >= 0.6 is 23.2 Å². The fourth-order valence-electron chi connectivity index (χ4n) is 3.73. The topological polar surface area (TPSA) is 73.9 Å². The molecule has 0 spiro atoms. The number of nitrogens with zero attached hydrogens (tertiary/aromatic N) is 2. The Morgan fingerprint density at radius 3 is 1.97 bits per heavy atom. The van der Waals surface area contributed by atoms with Gasteiger partial charge in [-0.3, -0.25) is 14.5 Å². The highest BCUT2D eigenvalue weighted by Gasteiger charge is 2.12. The summed E-state index contributed by atoms with van der Waals surface area (Å²) in [7, 11) is 0. The van der Waals surface area contributed by atoms with E-state index in [-0.39, 0.29) is 18.2 Å². The van der Waals surface area contributed by atoms with Gasteiger partial charge in [-0.05, 0) is 42.0 Å². The van der Waals surface area contributed by atoms with Crippen LogP contribution in [0.15, 0.2) is 48.5 Å². The van der Waals surface area contributed by atoms with Gasteiger partial charge in [-0.25, -0.2) is 0 Å². The fourth-order valence-corrected chi connectivity index (χ4v) is 4.14. The Morgan fingerprint density at radius 1 is 0.853 bits per heavy atom. The molecule has 0 bridgehead atoms. The molecule has 34 heavy (non-hydrogen) atoms. The highest BCUT2D eigenvalue weighted by atomic mass is 35.5. The lowest BCUT2D eigenvalue weighted by atomic mass is 10.1. The maximum absolute atomic E-state index is 12.5. The average molecular weight is 507 g/mol. The number of morpholine rings is 1. The Bertz CT molecular complexity index is 897. The lowest BCUT2D eigenvalue weighted by molar-refractivity contribution is -0.117. The van der Waals surface area contributed by atoms with Gasteiger partial charge in [0.1, 0.15) is 0 Å². The number of rotatable bonds is 12. The fraction of sp³-hybridized carbons (Fsp3) is 0.440. The highest BCUT2D eigenvalue weighted by Crippen LogP contribution is 2.17. The molecule has 0 atom stereocenters. The minimum atomic E-state index is -0.103. The molecule has 2 aromatic carbocycles. The molecule has 0 saturated carbocycles. The molecule has 0 unspecified atom stereocenters. The summed E-state index contributed by atoms with van der Waals surface area (Å²) < 4.78 is 5.32. The van der Waals surface area contributed by atoms with E-state index in [1.807, 2.05) is 24.3 Å². The minimum Gasteiger partial charge on any atom is -0.379 e. The smallest absolute Gasteiger partial charge is 0.228 e. The van der Waals surface area contributed by atoms with Crippen LogP contribution in [-0.4, -0.2) is 74.4 Å². The molecule has 0 aliphatic carbocycles. The van der Waals surface area contributed by atoms with Gasteiger partial charge < -0.3 is 20.3 Å². The summed E-state index contributed by atoms with van der Waals surface area (Å²) in [5, 5.41) is 5.81. The monoisotopic (exact) mass is 506 g/mol. The van der Waals surface area contributed by atoms with E-state index >= 15 is 0 Å². The summed E-state index contributed by atoms with van der Waals surface area (Å²) >= 11 is 11.7. The lowest BCUT2D eigenvalue weighted by Crippen LogP contribution is -2.38. The number of alkyl halides is 2. The first-order valence-corrected chi connectivity index (χ1v) is 12.6. The Morgan fingerprint density at radius 2 is 1.41 bits per heavy atom. The SMILES string of the molecule is O=C(CCN1CCOCC1)Nc1ccc(NC(=O)Cc2ccc(N(CCCl)CCCl)cc2)cc1. The number of nitrogens with one attached hydrogen (secondary N) is 2. The summed E-state index contributed by atoms with van der Waals surface area (Å²) in [6.07, 6.45) is 0.706. The first kappa shape index (κ1) is 26.3. The van der Waals surface area contributed by atoms with Crippen LogP contribution in [0, 0.1) is 0 Å². The molecule has 0 aromatic heterocycles. The Hall–Kier alpha value is -2.32. The summed E-state index contributed by atoms with van der Waals surface area (Å²) in [5.74, 6) is 0.923. The van der Waals surface area contributed by atoms with Gasteiger partial charge in [0.15, 0.2) is 0 Å². The van der Waals surface area contributed by atoms with Gasteiger partial charge in [0, 0.05) is 68.0 Å². The molecule has 184 valence electrons. The van der Waals surface area contributed by atoms with E-state index in [2.05, 4.69) is 20.4 Å². The van der Waals surface area contributed by atoms with Crippen molar-refractivity contribution in [1.82, 2.24) is 4.90 Å². The molecule has 1 fully saturated rings. The van der Waals surface area contributed by atoms with Crippen molar-refractivity contribution in [3.05, 3.63) is 54.1 Å². The predicted octanol–water partition coefficient (Wildman–Crippen LogP) is 3.81. The number of hydrogen-bond acceptors (Lipinski definition) is 5. The molecular weight excluding hydrogens is 475 g/mol. The van der Waals surface area contributed by atoms with Crippen molar-refractivity contribution in [1.29, 1.82) is 0 Å². The number of benzene rings is 2. The van der Waals surface area contributed by atoms with Gasteiger partial charge >= 0.3 is 0 Å². The van der Waals surface area contributed by atoms with Crippen LogP contribution in [0.3, 0.4) is 0 Å². The van der Waals surface area contributed by atoms with E-state index in [0.717, 1.165) is 57.2 Å². The molecular formula is C25H32Cl2N4O3. The summed E-state index contributed by atoms with van der Waals surface area (Å²) in [6, 6.07) is 15.0. The van der Waals surface area contributed by atoms with Crippen molar-refractivity contribution < 1.29 is 14.3 Å². The first-order chi connectivity index (χ1) is 16.6. The molecule has 2 amide bonds. The number of hydrogen-bond donors (Lipinski definition) is 2. The van der Waals surface area contributed by atoms with Gasteiger partial charge in [0.2, 0.25) is 11.8 Å². The van der Waals surface area contributed by atoms with E-state index in [4.69, 9.17) is 27.9 Å². The molecule has 1 saturated heterocycles. The number of ether oxygens (including phenoxy) is 1. The Balaban J connectivity index is 1.43. The molecule has 2 N–H and O–H groups in total. The standard InChI is InChI=1S/C25H32Cl2N4O3/c26-10-13-31(14-11-27)23-7-1-20(2-8-23)19-25(33)29-22-5-3-21(4-6-22)28-24(32)9-12-30-15-17-34-18-16-30/h1-8H,9-19H2,(H,28,32)(H,29,33). The van der Waals surface area contributed by atoms with Crippen molar-refractivity contribution in [3.63, 3.8) is 0 Å². The molecule has 1 aliphatic heterocycles. The number of amides is 2. The van der Waals surface area contributed by atoms with Crippen LogP contribution in [0.4, 0.5) is 17.1 Å². The molecule has 9 heteroatoms. The van der Waals surface area contributed by atoms with Gasteiger partial charge in [-0.1, -0.05) is 12.1 Å². The van der Waals surface area contributed by atoms with E-state index in [1.165, 1.54) is 0 Å². The number of anilines is 3. The second-order valence-electron chi connectivity index (χ2n) is 8.09. The summed E-state index contributed by atoms with van der Waals surface area (Å²) in [5.41, 5.74) is 3.34. The largest absolute Gasteiger partial charge is 0.379 e. The van der Waals surface area contributed by atoms with Gasteiger partial charge in [-0.15, -0.1) is 23.2 Å². The van der Waals surface area contributed by atoms with Crippen LogP contribution in [0.2, 0.25) is 0 Å². The van der Waals surface area contributed by atoms with Crippen LogP contribution < -0.4 is 15.5 Å². The van der Waals surface area contributed by atoms with Crippen molar-refractivity contribution in [2.24, 2.45) is 0 Å². The molecule has 2 aromatic rings. The molecule has 1 aliphatic rings. The van der Waals surface area contributed by atoms with Crippen LogP contribution in [-0.2, 0) is 20.7 Å². The predicted molar refractivity (Wildman–Crippen MR) is 139 cm³/mol. The average Bonchev–Trinajstić information content (AvgIpc) is 2.85. The normalized spacial score (nSPS) is 13.9. The van der Waals surface area contributed by atoms with Gasteiger partial charge in [0.05, 0.1) is 19.6 Å². The van der Waals surface area contributed by atoms with E-state index < -0.39 is 0 Å². The third-order valence-corrected chi connectivity index (χ3v) is 5.92. The Labute approximate surface area is 211 Å². The van der Waals surface area contributed by atoms with Crippen molar-refractivity contribution in [2.75, 3.05) is 73.2 Å². The van der Waals surface area contributed by atoms with Crippen LogP contribution in [0.25, 0.3) is 0 Å². The number of carbonyl (C=O) groups excluding carboxylic acids is 2. The third-order valence-electron chi connectivity index (χ3n) is 5.59.